The first-order valence-corrected chi connectivity index (χ1v) is 12.3. The molecule has 0 aromatic heterocycles. The number of carbonyl (C=O) groups excluding carboxylic acids is 4. The van der Waals surface area contributed by atoms with Crippen LogP contribution in [0.4, 0.5) is 0 Å². The van der Waals surface area contributed by atoms with Crippen LogP contribution in [0.25, 0.3) is 0 Å². The van der Waals surface area contributed by atoms with E-state index in [0.717, 1.165) is 38.5 Å². The number of rotatable bonds is 8. The van der Waals surface area contributed by atoms with Crippen LogP contribution in [-0.2, 0) is 28.7 Å². The standard InChI is InChI=1S/C24H42N4O6/c1-23(2,25)21(31)27-13-15-9-5-7-11-17(15)33-19(29)20(30)34-18-12-8-6-10-16(18)14-28-22(32)24(3,4)26/h15-18H,5-14,25-26H2,1-4H3,(H,27,31)(H,28,32). The summed E-state index contributed by atoms with van der Waals surface area (Å²) in [4.78, 5) is 49.3. The third-order valence-corrected chi connectivity index (χ3v) is 6.58. The van der Waals surface area contributed by atoms with E-state index in [1.807, 2.05) is 0 Å². The van der Waals surface area contributed by atoms with Gasteiger partial charge in [-0.05, 0) is 66.2 Å². The minimum atomic E-state index is -1.01. The first kappa shape index (κ1) is 28.0. The molecule has 2 rings (SSSR count). The predicted molar refractivity (Wildman–Crippen MR) is 126 cm³/mol. The summed E-state index contributed by atoms with van der Waals surface area (Å²) in [5.74, 6) is -2.77. The summed E-state index contributed by atoms with van der Waals surface area (Å²) in [5, 5.41) is 5.63. The second-order valence-corrected chi connectivity index (χ2v) is 10.8. The van der Waals surface area contributed by atoms with Gasteiger partial charge in [0.25, 0.3) is 0 Å². The monoisotopic (exact) mass is 482 g/mol. The molecule has 0 aliphatic heterocycles. The molecule has 2 saturated carbocycles. The number of hydrogen-bond donors (Lipinski definition) is 4. The molecule has 2 aliphatic carbocycles. The smallest absolute Gasteiger partial charge is 0.417 e. The van der Waals surface area contributed by atoms with Crippen LogP contribution in [-0.4, -0.2) is 60.1 Å². The first-order valence-electron chi connectivity index (χ1n) is 12.3. The fourth-order valence-corrected chi connectivity index (χ4v) is 4.40. The molecule has 194 valence electrons. The lowest BCUT2D eigenvalue weighted by molar-refractivity contribution is -0.179. The highest BCUT2D eigenvalue weighted by Gasteiger charge is 2.35. The highest BCUT2D eigenvalue weighted by Crippen LogP contribution is 2.29. The fourth-order valence-electron chi connectivity index (χ4n) is 4.40. The molecule has 0 heterocycles. The van der Waals surface area contributed by atoms with Crippen molar-refractivity contribution in [3.05, 3.63) is 0 Å². The van der Waals surface area contributed by atoms with Gasteiger partial charge in [0, 0.05) is 24.9 Å². The van der Waals surface area contributed by atoms with Crippen LogP contribution in [0.3, 0.4) is 0 Å². The summed E-state index contributed by atoms with van der Waals surface area (Å²) < 4.78 is 11.0. The Labute approximate surface area is 202 Å². The number of amides is 2. The van der Waals surface area contributed by atoms with Crippen LogP contribution in [0.5, 0.6) is 0 Å². The summed E-state index contributed by atoms with van der Waals surface area (Å²) in [6.07, 6.45) is 5.53. The maximum Gasteiger partial charge on any atom is 0.417 e. The van der Waals surface area contributed by atoms with E-state index >= 15 is 0 Å². The molecule has 2 fully saturated rings. The van der Waals surface area contributed by atoms with Gasteiger partial charge in [-0.25, -0.2) is 9.59 Å². The Hall–Kier alpha value is -2.20. The Morgan fingerprint density at radius 2 is 1.00 bits per heavy atom. The molecule has 10 nitrogen and oxygen atoms in total. The SMILES string of the molecule is CC(C)(N)C(=O)NCC1CCCCC1OC(=O)C(=O)OC1CCCCC1CNC(=O)C(C)(C)N. The van der Waals surface area contributed by atoms with Crippen molar-refractivity contribution in [1.29, 1.82) is 0 Å². The van der Waals surface area contributed by atoms with Crippen molar-refractivity contribution in [2.75, 3.05) is 13.1 Å². The summed E-state index contributed by atoms with van der Waals surface area (Å²) in [5.41, 5.74) is 9.64. The highest BCUT2D eigenvalue weighted by atomic mass is 16.6. The molecule has 4 atom stereocenters. The van der Waals surface area contributed by atoms with Crippen molar-refractivity contribution in [2.45, 2.75) is 102 Å². The lowest BCUT2D eigenvalue weighted by Crippen LogP contribution is -2.51. The molecule has 0 bridgehead atoms. The van der Waals surface area contributed by atoms with Crippen molar-refractivity contribution in [3.8, 4) is 0 Å². The minimum Gasteiger partial charge on any atom is -0.454 e. The molecule has 0 aromatic carbocycles. The second-order valence-electron chi connectivity index (χ2n) is 10.8. The van der Waals surface area contributed by atoms with Gasteiger partial charge in [-0.15, -0.1) is 0 Å². The molecule has 6 N–H and O–H groups in total. The normalized spacial score (nSPS) is 25.7. The van der Waals surface area contributed by atoms with Crippen LogP contribution < -0.4 is 22.1 Å². The molecule has 2 aliphatic rings. The van der Waals surface area contributed by atoms with Crippen molar-refractivity contribution in [2.24, 2.45) is 23.3 Å². The molecule has 10 heteroatoms. The van der Waals surface area contributed by atoms with Gasteiger partial charge >= 0.3 is 11.9 Å². The van der Waals surface area contributed by atoms with Gasteiger partial charge in [-0.2, -0.15) is 0 Å². The van der Waals surface area contributed by atoms with E-state index in [0.29, 0.717) is 25.9 Å². The molecule has 0 radical (unpaired) electrons. The average molecular weight is 483 g/mol. The van der Waals surface area contributed by atoms with Crippen LogP contribution in [0, 0.1) is 11.8 Å². The van der Waals surface area contributed by atoms with Gasteiger partial charge < -0.3 is 31.6 Å². The van der Waals surface area contributed by atoms with E-state index in [-0.39, 0.29) is 23.7 Å². The van der Waals surface area contributed by atoms with Crippen LogP contribution >= 0.6 is 0 Å². The zero-order valence-electron chi connectivity index (χ0n) is 21.0. The van der Waals surface area contributed by atoms with Crippen LogP contribution in [0.2, 0.25) is 0 Å². The zero-order chi connectivity index (χ0) is 25.5. The largest absolute Gasteiger partial charge is 0.454 e. The number of nitrogens with two attached hydrogens (primary N) is 2. The van der Waals surface area contributed by atoms with Crippen molar-refractivity contribution < 1.29 is 28.7 Å². The van der Waals surface area contributed by atoms with Crippen molar-refractivity contribution in [1.82, 2.24) is 10.6 Å². The maximum absolute atomic E-state index is 12.5. The summed E-state index contributed by atoms with van der Waals surface area (Å²) in [6.45, 7) is 7.15. The Morgan fingerprint density at radius 1 is 0.676 bits per heavy atom. The number of nitrogens with one attached hydrogen (secondary N) is 2. The van der Waals surface area contributed by atoms with E-state index in [1.165, 1.54) is 0 Å². The topological polar surface area (TPSA) is 163 Å². The molecular weight excluding hydrogens is 440 g/mol. The Morgan fingerprint density at radius 3 is 1.32 bits per heavy atom. The van der Waals surface area contributed by atoms with Crippen molar-refractivity contribution in [3.63, 3.8) is 0 Å². The Balaban J connectivity index is 1.89. The third kappa shape index (κ3) is 8.54. The summed E-state index contributed by atoms with van der Waals surface area (Å²) in [6, 6.07) is 0. The molecule has 34 heavy (non-hydrogen) atoms. The van der Waals surface area contributed by atoms with E-state index in [9.17, 15) is 19.2 Å². The van der Waals surface area contributed by atoms with Gasteiger partial charge in [0.1, 0.15) is 12.2 Å². The molecule has 0 aromatic rings. The molecule has 0 spiro atoms. The Bertz CT molecular complexity index is 681. The average Bonchev–Trinajstić information content (AvgIpc) is 2.76. The van der Waals surface area contributed by atoms with E-state index in [2.05, 4.69) is 10.6 Å². The fraction of sp³-hybridized carbons (Fsp3) is 0.833. The van der Waals surface area contributed by atoms with Gasteiger partial charge in [0.15, 0.2) is 0 Å². The van der Waals surface area contributed by atoms with Gasteiger partial charge in [0.2, 0.25) is 11.8 Å². The van der Waals surface area contributed by atoms with Crippen LogP contribution in [0.1, 0.15) is 79.1 Å². The molecule has 2 amide bonds. The minimum absolute atomic E-state index is 0.0888. The zero-order valence-corrected chi connectivity index (χ0v) is 21.0. The molecule has 4 unspecified atom stereocenters. The predicted octanol–water partition coefficient (Wildman–Crippen LogP) is 0.897. The number of esters is 2. The first-order chi connectivity index (χ1) is 15.8. The Kier molecular flexibility index (Phi) is 9.87. The number of hydrogen-bond acceptors (Lipinski definition) is 8. The van der Waals surface area contributed by atoms with E-state index in [1.54, 1.807) is 27.7 Å². The molecular formula is C24H42N4O6. The second kappa shape index (κ2) is 12.0. The summed E-state index contributed by atoms with van der Waals surface area (Å²) in [7, 11) is 0. The maximum atomic E-state index is 12.5. The van der Waals surface area contributed by atoms with E-state index in [4.69, 9.17) is 20.9 Å². The van der Waals surface area contributed by atoms with Crippen LogP contribution in [0.15, 0.2) is 0 Å². The number of ether oxygens (including phenoxy) is 2. The lowest BCUT2D eigenvalue weighted by atomic mass is 9.86. The van der Waals surface area contributed by atoms with Gasteiger partial charge in [0.05, 0.1) is 11.1 Å². The van der Waals surface area contributed by atoms with Gasteiger partial charge in [-0.3, -0.25) is 9.59 Å². The molecule has 0 saturated heterocycles. The van der Waals surface area contributed by atoms with E-state index < -0.39 is 35.2 Å². The van der Waals surface area contributed by atoms with Crippen molar-refractivity contribution >= 4 is 23.8 Å². The lowest BCUT2D eigenvalue weighted by Gasteiger charge is -2.33. The van der Waals surface area contributed by atoms with Gasteiger partial charge in [-0.1, -0.05) is 12.8 Å². The quantitative estimate of drug-likeness (QED) is 0.293. The highest BCUT2D eigenvalue weighted by molar-refractivity contribution is 6.29. The third-order valence-electron chi connectivity index (χ3n) is 6.58. The number of carbonyl (C=O) groups is 4. The summed E-state index contributed by atoms with van der Waals surface area (Å²) >= 11 is 0.